The van der Waals surface area contributed by atoms with Crippen LogP contribution in [0.3, 0.4) is 0 Å². The molecule has 0 radical (unpaired) electrons. The van der Waals surface area contributed by atoms with Crippen LogP contribution in [0, 0.1) is 0 Å². The van der Waals surface area contributed by atoms with E-state index in [2.05, 4.69) is 15.3 Å². The summed E-state index contributed by atoms with van der Waals surface area (Å²) >= 11 is 5.88. The van der Waals surface area contributed by atoms with E-state index in [1.807, 2.05) is 24.3 Å². The molecule has 0 bridgehead atoms. The first-order valence-corrected chi connectivity index (χ1v) is 7.66. The quantitative estimate of drug-likeness (QED) is 0.737. The maximum absolute atomic E-state index is 6.06. The van der Waals surface area contributed by atoms with Gasteiger partial charge in [-0.2, -0.15) is 4.98 Å². The number of methoxy groups -OCH3 is 2. The Morgan fingerprint density at radius 2 is 1.71 bits per heavy atom. The lowest BCUT2D eigenvalue weighted by Gasteiger charge is -2.11. The maximum Gasteiger partial charge on any atom is 0.225 e. The Morgan fingerprint density at radius 1 is 1.04 bits per heavy atom. The van der Waals surface area contributed by atoms with Crippen molar-refractivity contribution in [3.8, 4) is 11.5 Å². The van der Waals surface area contributed by atoms with Gasteiger partial charge in [0.25, 0.3) is 0 Å². The van der Waals surface area contributed by atoms with Crippen molar-refractivity contribution < 1.29 is 9.47 Å². The van der Waals surface area contributed by atoms with Crippen LogP contribution < -0.4 is 20.5 Å². The second-order valence-electron chi connectivity index (χ2n) is 5.14. The third-order valence-corrected chi connectivity index (χ3v) is 3.85. The minimum Gasteiger partial charge on any atom is -0.493 e. The van der Waals surface area contributed by atoms with E-state index in [0.717, 1.165) is 5.56 Å². The average molecular weight is 345 g/mol. The summed E-state index contributed by atoms with van der Waals surface area (Å²) in [6.45, 7) is 0.565. The maximum atomic E-state index is 6.06. The van der Waals surface area contributed by atoms with E-state index in [9.17, 15) is 0 Å². The van der Waals surface area contributed by atoms with Gasteiger partial charge in [0.1, 0.15) is 5.82 Å². The lowest BCUT2D eigenvalue weighted by Crippen LogP contribution is -2.06. The number of hydrogen-bond acceptors (Lipinski definition) is 6. The number of benzene rings is 2. The molecule has 0 fully saturated rings. The van der Waals surface area contributed by atoms with Gasteiger partial charge in [-0.15, -0.1) is 0 Å². The highest BCUT2D eigenvalue weighted by Gasteiger charge is 2.11. The fourth-order valence-electron chi connectivity index (χ4n) is 2.34. The summed E-state index contributed by atoms with van der Waals surface area (Å²) in [6.07, 6.45) is 0. The van der Waals surface area contributed by atoms with Crippen LogP contribution in [0.25, 0.3) is 10.9 Å². The molecule has 3 aromatic rings. The van der Waals surface area contributed by atoms with E-state index in [1.54, 1.807) is 26.4 Å². The highest BCUT2D eigenvalue weighted by atomic mass is 35.5. The van der Waals surface area contributed by atoms with Gasteiger partial charge in [-0.05, 0) is 23.8 Å². The topological polar surface area (TPSA) is 82.3 Å². The van der Waals surface area contributed by atoms with Gasteiger partial charge in [-0.3, -0.25) is 0 Å². The molecule has 0 atom stereocenters. The summed E-state index contributed by atoms with van der Waals surface area (Å²) in [7, 11) is 3.15. The van der Waals surface area contributed by atoms with Crippen molar-refractivity contribution in [2.24, 2.45) is 0 Å². The molecule has 124 valence electrons. The molecule has 7 heteroatoms. The van der Waals surface area contributed by atoms with E-state index in [-0.39, 0.29) is 0 Å². The van der Waals surface area contributed by atoms with Crippen LogP contribution in [0.4, 0.5) is 11.8 Å². The fraction of sp³-hybridized carbons (Fsp3) is 0.176. The van der Waals surface area contributed by atoms with Crippen LogP contribution in [0.15, 0.2) is 36.4 Å². The van der Waals surface area contributed by atoms with Crippen LogP contribution in [-0.4, -0.2) is 24.2 Å². The molecule has 3 rings (SSSR count). The Kier molecular flexibility index (Phi) is 4.57. The first kappa shape index (κ1) is 16.1. The second kappa shape index (κ2) is 6.80. The van der Waals surface area contributed by atoms with Gasteiger partial charge in [0.2, 0.25) is 5.95 Å². The van der Waals surface area contributed by atoms with Crippen molar-refractivity contribution in [3.05, 3.63) is 47.0 Å². The summed E-state index contributed by atoms with van der Waals surface area (Å²) in [5.74, 6) is 2.00. The molecule has 0 saturated carbocycles. The van der Waals surface area contributed by atoms with Crippen LogP contribution in [-0.2, 0) is 6.54 Å². The minimum atomic E-state index is 0.375. The highest BCUT2D eigenvalue weighted by Crippen LogP contribution is 2.33. The Labute approximate surface area is 144 Å². The lowest BCUT2D eigenvalue weighted by molar-refractivity contribution is 0.356. The van der Waals surface area contributed by atoms with E-state index >= 15 is 0 Å². The molecule has 0 aliphatic heterocycles. The number of hydrogen-bond donors (Lipinski definition) is 2. The van der Waals surface area contributed by atoms with Crippen molar-refractivity contribution in [2.75, 3.05) is 25.3 Å². The van der Waals surface area contributed by atoms with Gasteiger partial charge in [0.15, 0.2) is 11.5 Å². The minimum absolute atomic E-state index is 0.375. The number of nitrogens with two attached hydrogens (primary N) is 1. The molecular weight excluding hydrogens is 328 g/mol. The summed E-state index contributed by atoms with van der Waals surface area (Å²) < 4.78 is 10.6. The second-order valence-corrected chi connectivity index (χ2v) is 5.57. The van der Waals surface area contributed by atoms with E-state index in [0.29, 0.717) is 45.7 Å². The van der Waals surface area contributed by atoms with Gasteiger partial charge < -0.3 is 20.5 Å². The average Bonchev–Trinajstić information content (AvgIpc) is 2.60. The van der Waals surface area contributed by atoms with Crippen LogP contribution in [0.1, 0.15) is 5.56 Å². The molecule has 0 spiro atoms. The van der Waals surface area contributed by atoms with Crippen molar-refractivity contribution in [1.29, 1.82) is 0 Å². The monoisotopic (exact) mass is 344 g/mol. The lowest BCUT2D eigenvalue weighted by atomic mass is 10.2. The van der Waals surface area contributed by atoms with Crippen molar-refractivity contribution in [2.45, 2.75) is 6.54 Å². The summed E-state index contributed by atoms with van der Waals surface area (Å²) in [5, 5.41) is 4.57. The van der Waals surface area contributed by atoms with Gasteiger partial charge in [-0.1, -0.05) is 23.7 Å². The number of ether oxygens (including phenoxy) is 2. The zero-order valence-electron chi connectivity index (χ0n) is 13.3. The van der Waals surface area contributed by atoms with Gasteiger partial charge in [0, 0.05) is 23.0 Å². The molecule has 0 aliphatic rings. The largest absolute Gasteiger partial charge is 0.493 e. The van der Waals surface area contributed by atoms with E-state index in [1.165, 1.54) is 0 Å². The summed E-state index contributed by atoms with van der Waals surface area (Å²) in [4.78, 5) is 8.79. The van der Waals surface area contributed by atoms with Crippen molar-refractivity contribution in [1.82, 2.24) is 9.97 Å². The van der Waals surface area contributed by atoms with Crippen LogP contribution in [0.2, 0.25) is 5.02 Å². The number of fused-ring (bicyclic) bond motifs is 1. The molecule has 3 N–H and O–H groups in total. The molecule has 24 heavy (non-hydrogen) atoms. The number of nitrogens with zero attached hydrogens (tertiary/aromatic N) is 2. The molecule has 1 aromatic heterocycles. The number of nitrogens with one attached hydrogen (secondary N) is 1. The molecule has 2 aromatic carbocycles. The normalized spacial score (nSPS) is 10.6. The summed E-state index contributed by atoms with van der Waals surface area (Å²) in [6, 6.07) is 11.1. The molecule has 6 nitrogen and oxygen atoms in total. The molecular formula is C17H17ClN4O2. The number of anilines is 2. The molecule has 0 amide bonds. The Bertz CT molecular complexity index is 869. The zero-order chi connectivity index (χ0) is 17.1. The third kappa shape index (κ3) is 3.28. The zero-order valence-corrected chi connectivity index (χ0v) is 14.1. The molecule has 0 unspecified atom stereocenters. The van der Waals surface area contributed by atoms with Gasteiger partial charge in [0.05, 0.1) is 19.7 Å². The fourth-order valence-corrected chi connectivity index (χ4v) is 2.47. The Balaban J connectivity index is 1.90. The van der Waals surface area contributed by atoms with Crippen molar-refractivity contribution >= 4 is 34.3 Å². The molecule has 0 aliphatic carbocycles. The smallest absolute Gasteiger partial charge is 0.225 e. The van der Waals surface area contributed by atoms with Crippen molar-refractivity contribution in [3.63, 3.8) is 0 Å². The Hall–Kier alpha value is -2.73. The number of nitrogen functional groups attached to an aromatic ring is 1. The number of aromatic nitrogens is 2. The standard InChI is InChI=1S/C17H17ClN4O2/c1-23-14-7-12-13(8-15(14)24-2)21-17(22-16(12)19)20-9-10-3-5-11(18)6-4-10/h3-8H,9H2,1-2H3,(H3,19,20,21,22). The third-order valence-electron chi connectivity index (χ3n) is 3.59. The van der Waals surface area contributed by atoms with Crippen LogP contribution >= 0.6 is 11.6 Å². The number of rotatable bonds is 5. The first-order valence-electron chi connectivity index (χ1n) is 7.28. The van der Waals surface area contributed by atoms with Gasteiger partial charge in [-0.25, -0.2) is 4.98 Å². The predicted molar refractivity (Wildman–Crippen MR) is 95.8 cm³/mol. The first-order chi connectivity index (χ1) is 11.6. The molecule has 0 saturated heterocycles. The highest BCUT2D eigenvalue weighted by molar-refractivity contribution is 6.30. The summed E-state index contributed by atoms with van der Waals surface area (Å²) in [5.41, 5.74) is 7.80. The predicted octanol–water partition coefficient (Wildman–Crippen LogP) is 3.49. The van der Waals surface area contributed by atoms with E-state index in [4.69, 9.17) is 26.8 Å². The van der Waals surface area contributed by atoms with Gasteiger partial charge >= 0.3 is 0 Å². The Morgan fingerprint density at radius 3 is 2.38 bits per heavy atom. The number of halogens is 1. The van der Waals surface area contributed by atoms with Crippen LogP contribution in [0.5, 0.6) is 11.5 Å². The molecule has 1 heterocycles. The SMILES string of the molecule is COc1cc2nc(NCc3ccc(Cl)cc3)nc(N)c2cc1OC. The van der Waals surface area contributed by atoms with E-state index < -0.39 is 0 Å².